The van der Waals surface area contributed by atoms with Crippen LogP contribution in [-0.2, 0) is 0 Å². The number of rotatable bonds is 3. The van der Waals surface area contributed by atoms with Gasteiger partial charge in [-0.15, -0.1) is 0 Å². The summed E-state index contributed by atoms with van der Waals surface area (Å²) in [5, 5.41) is 11.2. The average Bonchev–Trinajstić information content (AvgIpc) is 2.34. The Morgan fingerprint density at radius 2 is 1.78 bits per heavy atom. The summed E-state index contributed by atoms with van der Waals surface area (Å²) >= 11 is 0.182. The summed E-state index contributed by atoms with van der Waals surface area (Å²) in [4.78, 5) is 11.3. The topological polar surface area (TPSA) is 43.1 Å². The molecule has 4 heteroatoms. The molecule has 96 valence electrons. The van der Waals surface area contributed by atoms with Crippen molar-refractivity contribution in [2.75, 3.05) is 0 Å². The van der Waals surface area contributed by atoms with E-state index in [1.807, 2.05) is 25.1 Å². The molecule has 0 heterocycles. The van der Waals surface area contributed by atoms with E-state index in [2.05, 4.69) is 19.1 Å². The second-order valence-electron chi connectivity index (χ2n) is 4.79. The Bertz CT molecular complexity index is 470. The zero-order chi connectivity index (χ0) is 13.1. The van der Waals surface area contributed by atoms with Crippen LogP contribution in [0.15, 0.2) is 41.5 Å². The first kappa shape index (κ1) is 13.3. The first-order chi connectivity index (χ1) is 8.58. The zero-order valence-corrected chi connectivity index (χ0v) is 12.3. The van der Waals surface area contributed by atoms with Crippen LogP contribution in [-0.4, -0.2) is 25.9 Å². The van der Waals surface area contributed by atoms with E-state index < -0.39 is 6.04 Å². The third-order valence-corrected chi connectivity index (χ3v) is 6.27. The maximum absolute atomic E-state index is 11.2. The van der Waals surface area contributed by atoms with Crippen molar-refractivity contribution in [1.29, 1.82) is 0 Å². The van der Waals surface area contributed by atoms with Crippen molar-refractivity contribution >= 4 is 19.4 Å². The molecular weight excluding hydrogens is 293 g/mol. The minimum atomic E-state index is -0.395. The van der Waals surface area contributed by atoms with Gasteiger partial charge in [0.05, 0.1) is 0 Å². The Balaban J connectivity index is 2.17. The molecule has 0 amide bonds. The van der Waals surface area contributed by atoms with Crippen LogP contribution in [0.4, 0.5) is 0 Å². The summed E-state index contributed by atoms with van der Waals surface area (Å²) in [5.74, 6) is 0. The molecule has 2 atom stereocenters. The molecular formula is C14H17NO2Se. The van der Waals surface area contributed by atoms with Crippen molar-refractivity contribution in [2.24, 2.45) is 0 Å². The summed E-state index contributed by atoms with van der Waals surface area (Å²) in [6.45, 7) is 4.14. The van der Waals surface area contributed by atoms with Gasteiger partial charge in [0.25, 0.3) is 0 Å². The fraction of sp³-hybridized carbons (Fsp3) is 0.429. The van der Waals surface area contributed by atoms with Gasteiger partial charge in [0.15, 0.2) is 0 Å². The monoisotopic (exact) mass is 311 g/mol. The zero-order valence-electron chi connectivity index (χ0n) is 10.6. The van der Waals surface area contributed by atoms with Gasteiger partial charge in [-0.3, -0.25) is 0 Å². The molecule has 1 aliphatic carbocycles. The fourth-order valence-corrected chi connectivity index (χ4v) is 5.07. The van der Waals surface area contributed by atoms with Gasteiger partial charge in [-0.1, -0.05) is 0 Å². The molecule has 18 heavy (non-hydrogen) atoms. The van der Waals surface area contributed by atoms with Gasteiger partial charge in [-0.2, -0.15) is 0 Å². The maximum atomic E-state index is 11.2. The molecule has 1 aromatic rings. The number of nitrogens with zero attached hydrogens (tertiary/aromatic N) is 1. The molecule has 0 N–H and O–H groups in total. The first-order valence-electron chi connectivity index (χ1n) is 6.08. The van der Waals surface area contributed by atoms with Crippen molar-refractivity contribution in [1.82, 2.24) is 0 Å². The van der Waals surface area contributed by atoms with Crippen LogP contribution in [0.3, 0.4) is 0 Å². The standard InChI is InChI=1S/C14H17NO2Se/c1-10-8-13(15(16)17)14(9-11(10)2)18-12-6-4-3-5-7-12/h3-7,13-14H,8-9H2,1-2H3/t13-,14-/m1/s1. The van der Waals surface area contributed by atoms with Crippen LogP contribution in [0.25, 0.3) is 0 Å². The van der Waals surface area contributed by atoms with Gasteiger partial charge in [0, 0.05) is 0 Å². The van der Waals surface area contributed by atoms with Crippen molar-refractivity contribution in [3.63, 3.8) is 0 Å². The Hall–Kier alpha value is -1.12. The van der Waals surface area contributed by atoms with Crippen molar-refractivity contribution in [2.45, 2.75) is 37.5 Å². The summed E-state index contributed by atoms with van der Waals surface area (Å²) < 4.78 is 1.26. The molecule has 0 aromatic heterocycles. The van der Waals surface area contributed by atoms with Gasteiger partial charge < -0.3 is 0 Å². The molecule has 3 nitrogen and oxygen atoms in total. The number of hydrogen-bond acceptors (Lipinski definition) is 2. The molecule has 0 spiro atoms. The van der Waals surface area contributed by atoms with Crippen LogP contribution in [0.2, 0.25) is 4.82 Å². The molecule has 0 saturated carbocycles. The number of benzene rings is 1. The third kappa shape index (κ3) is 3.01. The van der Waals surface area contributed by atoms with Crippen LogP contribution in [0.1, 0.15) is 26.7 Å². The van der Waals surface area contributed by atoms with Gasteiger partial charge >= 0.3 is 113 Å². The Morgan fingerprint density at radius 1 is 1.17 bits per heavy atom. The number of nitro groups is 1. The quantitative estimate of drug-likeness (QED) is 0.373. The molecule has 0 fully saturated rings. The molecule has 1 aliphatic rings. The predicted octanol–water partition coefficient (Wildman–Crippen LogP) is 2.58. The number of allylic oxidation sites excluding steroid dienone is 1. The third-order valence-electron chi connectivity index (χ3n) is 3.48. The van der Waals surface area contributed by atoms with E-state index in [4.69, 9.17) is 0 Å². The molecule has 0 radical (unpaired) electrons. The van der Waals surface area contributed by atoms with E-state index in [-0.39, 0.29) is 24.7 Å². The average molecular weight is 310 g/mol. The van der Waals surface area contributed by atoms with Crippen LogP contribution >= 0.6 is 0 Å². The van der Waals surface area contributed by atoms with E-state index in [1.54, 1.807) is 0 Å². The molecule has 0 saturated heterocycles. The van der Waals surface area contributed by atoms with Gasteiger partial charge in [-0.25, -0.2) is 0 Å². The Labute approximate surface area is 114 Å². The van der Waals surface area contributed by atoms with Gasteiger partial charge in [0.2, 0.25) is 0 Å². The van der Waals surface area contributed by atoms with Crippen molar-refractivity contribution < 1.29 is 4.92 Å². The molecule has 0 aliphatic heterocycles. The molecule has 1 aromatic carbocycles. The molecule has 0 bridgehead atoms. The summed E-state index contributed by atoms with van der Waals surface area (Å²) in [5.41, 5.74) is 2.55. The van der Waals surface area contributed by atoms with E-state index in [1.165, 1.54) is 15.6 Å². The van der Waals surface area contributed by atoms with Crippen LogP contribution < -0.4 is 4.46 Å². The second-order valence-corrected chi connectivity index (χ2v) is 7.54. The molecule has 2 rings (SSSR count). The Kier molecular flexibility index (Phi) is 4.20. The number of hydrogen-bond donors (Lipinski definition) is 0. The summed E-state index contributed by atoms with van der Waals surface area (Å²) in [6.07, 6.45) is 1.50. The second kappa shape index (κ2) is 5.68. The first-order valence-corrected chi connectivity index (χ1v) is 7.93. The fourth-order valence-electron chi connectivity index (χ4n) is 2.24. The molecule has 0 unspecified atom stereocenters. The van der Waals surface area contributed by atoms with Crippen LogP contribution in [0.5, 0.6) is 0 Å². The predicted molar refractivity (Wildman–Crippen MR) is 74.0 cm³/mol. The minimum absolute atomic E-state index is 0.0781. The Morgan fingerprint density at radius 3 is 2.39 bits per heavy atom. The van der Waals surface area contributed by atoms with E-state index in [9.17, 15) is 10.1 Å². The van der Waals surface area contributed by atoms with Crippen molar-refractivity contribution in [3.05, 3.63) is 51.6 Å². The SMILES string of the molecule is CC1=C(C)C[C@@H]([Se]c2ccccc2)[C@H]([N+](=O)[O-])C1. The van der Waals surface area contributed by atoms with Gasteiger partial charge in [0.1, 0.15) is 0 Å². The normalized spacial score (nSPS) is 24.1. The summed E-state index contributed by atoms with van der Waals surface area (Å²) in [7, 11) is 0. The van der Waals surface area contributed by atoms with Gasteiger partial charge in [-0.05, 0) is 0 Å². The summed E-state index contributed by atoms with van der Waals surface area (Å²) in [6, 6.07) is 9.77. The van der Waals surface area contributed by atoms with Crippen LogP contribution in [0, 0.1) is 10.1 Å². The van der Waals surface area contributed by atoms with E-state index in [0.717, 1.165) is 6.42 Å². The van der Waals surface area contributed by atoms with Crippen molar-refractivity contribution in [3.8, 4) is 0 Å². The van der Waals surface area contributed by atoms with E-state index >= 15 is 0 Å². The van der Waals surface area contributed by atoms with E-state index in [0.29, 0.717) is 6.42 Å².